The highest BCUT2D eigenvalue weighted by molar-refractivity contribution is 7.12. The maximum absolute atomic E-state index is 11.9. The van der Waals surface area contributed by atoms with Gasteiger partial charge in [0.15, 0.2) is 0 Å². The van der Waals surface area contributed by atoms with Crippen LogP contribution in [0.3, 0.4) is 0 Å². The topological polar surface area (TPSA) is 41.6 Å². The smallest absolute Gasteiger partial charge is 0.267 e. The lowest BCUT2D eigenvalue weighted by Crippen LogP contribution is -2.32. The number of carbonyl (C=O) groups is 1. The first kappa shape index (κ1) is 15.2. The number of thiophene rings is 1. The van der Waals surface area contributed by atoms with E-state index in [9.17, 15) is 4.79 Å². The lowest BCUT2D eigenvalue weighted by atomic mass is 10.3. The van der Waals surface area contributed by atoms with Crippen LogP contribution in [0.25, 0.3) is 0 Å². The number of halogens is 1. The molecule has 0 saturated heterocycles. The zero-order valence-corrected chi connectivity index (χ0v) is 11.3. The number of methoxy groups -OCH3 is 1. The first-order chi connectivity index (χ1) is 7.20. The Morgan fingerprint density at radius 2 is 2.31 bits per heavy atom. The first-order valence-electron chi connectivity index (χ1n) is 4.72. The molecule has 4 nitrogen and oxygen atoms in total. The summed E-state index contributed by atoms with van der Waals surface area (Å²) in [6.07, 6.45) is 0. The van der Waals surface area contributed by atoms with E-state index in [1.54, 1.807) is 19.1 Å². The molecule has 0 fully saturated rings. The molecule has 1 heterocycles. The van der Waals surface area contributed by atoms with Crippen molar-refractivity contribution in [3.63, 3.8) is 0 Å². The third-order valence-corrected chi connectivity index (χ3v) is 2.97. The van der Waals surface area contributed by atoms with Crippen molar-refractivity contribution in [1.82, 2.24) is 10.2 Å². The first-order valence-corrected chi connectivity index (χ1v) is 5.60. The second kappa shape index (κ2) is 7.49. The Kier molecular flexibility index (Phi) is 7.12. The average Bonchev–Trinajstić information content (AvgIpc) is 2.72. The van der Waals surface area contributed by atoms with Crippen molar-refractivity contribution in [2.75, 3.05) is 34.3 Å². The molecular weight excluding hydrogens is 248 g/mol. The van der Waals surface area contributed by atoms with E-state index >= 15 is 0 Å². The van der Waals surface area contributed by atoms with Crippen LogP contribution in [-0.4, -0.2) is 45.1 Å². The van der Waals surface area contributed by atoms with Gasteiger partial charge in [-0.1, -0.05) is 0 Å². The van der Waals surface area contributed by atoms with Crippen molar-refractivity contribution < 1.29 is 9.53 Å². The summed E-state index contributed by atoms with van der Waals surface area (Å²) >= 11 is 1.41. The Bertz CT molecular complexity index is 330. The molecule has 1 amide bonds. The predicted molar refractivity (Wildman–Crippen MR) is 69.0 cm³/mol. The van der Waals surface area contributed by atoms with Crippen molar-refractivity contribution in [3.05, 3.63) is 16.3 Å². The Morgan fingerprint density at radius 1 is 1.62 bits per heavy atom. The normalized spacial score (nSPS) is 9.44. The Balaban J connectivity index is 0.00000225. The molecule has 0 atom stereocenters. The molecule has 0 spiro atoms. The highest BCUT2D eigenvalue weighted by Crippen LogP contribution is 2.25. The number of ether oxygens (including phenoxy) is 1. The van der Waals surface area contributed by atoms with E-state index in [2.05, 4.69) is 5.32 Å². The number of nitrogens with one attached hydrogen (secondary N) is 1. The Labute approximate surface area is 106 Å². The number of rotatable bonds is 5. The van der Waals surface area contributed by atoms with Crippen LogP contribution in [0.5, 0.6) is 5.75 Å². The van der Waals surface area contributed by atoms with E-state index in [1.807, 2.05) is 18.5 Å². The van der Waals surface area contributed by atoms with Crippen molar-refractivity contribution in [3.8, 4) is 5.75 Å². The summed E-state index contributed by atoms with van der Waals surface area (Å²) in [5, 5.41) is 4.86. The fourth-order valence-corrected chi connectivity index (χ4v) is 2.02. The van der Waals surface area contributed by atoms with Crippen molar-refractivity contribution in [2.45, 2.75) is 0 Å². The van der Waals surface area contributed by atoms with Gasteiger partial charge < -0.3 is 15.0 Å². The van der Waals surface area contributed by atoms with Crippen molar-refractivity contribution in [2.24, 2.45) is 0 Å². The molecule has 1 aromatic heterocycles. The minimum Gasteiger partial charge on any atom is -0.495 e. The fourth-order valence-electron chi connectivity index (χ4n) is 1.17. The van der Waals surface area contributed by atoms with Crippen LogP contribution in [0, 0.1) is 0 Å². The Morgan fingerprint density at radius 3 is 2.88 bits per heavy atom. The third kappa shape index (κ3) is 3.66. The molecule has 92 valence electrons. The molecule has 1 rings (SSSR count). The number of nitrogens with zero attached hydrogens (tertiary/aromatic N) is 1. The number of likely N-dealkylation sites (N-methyl/N-ethyl adjacent to an activating group) is 2. The molecule has 16 heavy (non-hydrogen) atoms. The van der Waals surface area contributed by atoms with Gasteiger partial charge in [0.1, 0.15) is 10.6 Å². The van der Waals surface area contributed by atoms with Crippen LogP contribution >= 0.6 is 23.7 Å². The summed E-state index contributed by atoms with van der Waals surface area (Å²) in [7, 11) is 5.23. The zero-order chi connectivity index (χ0) is 11.3. The quantitative estimate of drug-likeness (QED) is 0.876. The lowest BCUT2D eigenvalue weighted by Gasteiger charge is -2.16. The maximum Gasteiger partial charge on any atom is 0.267 e. The predicted octanol–water partition coefficient (Wildman–Crippen LogP) is 1.47. The number of carbonyl (C=O) groups excluding carboxylic acids is 1. The van der Waals surface area contributed by atoms with E-state index in [0.29, 0.717) is 17.2 Å². The molecular formula is C10H17ClN2O2S. The van der Waals surface area contributed by atoms with Gasteiger partial charge in [-0.05, 0) is 18.5 Å². The van der Waals surface area contributed by atoms with Gasteiger partial charge in [-0.25, -0.2) is 0 Å². The number of hydrogen-bond acceptors (Lipinski definition) is 4. The van der Waals surface area contributed by atoms with E-state index in [1.165, 1.54) is 11.3 Å². The summed E-state index contributed by atoms with van der Waals surface area (Å²) in [4.78, 5) is 14.3. The van der Waals surface area contributed by atoms with Crippen LogP contribution in [0.2, 0.25) is 0 Å². The van der Waals surface area contributed by atoms with Gasteiger partial charge in [-0.15, -0.1) is 23.7 Å². The maximum atomic E-state index is 11.9. The summed E-state index contributed by atoms with van der Waals surface area (Å²) < 4.78 is 5.11. The number of amides is 1. The van der Waals surface area contributed by atoms with Crippen LogP contribution in [0.15, 0.2) is 11.4 Å². The molecule has 0 radical (unpaired) electrons. The van der Waals surface area contributed by atoms with Gasteiger partial charge in [-0.3, -0.25) is 4.79 Å². The molecule has 0 aliphatic heterocycles. The van der Waals surface area contributed by atoms with Crippen molar-refractivity contribution >= 4 is 29.7 Å². The molecule has 0 aromatic carbocycles. The van der Waals surface area contributed by atoms with Crippen LogP contribution in [0.1, 0.15) is 9.67 Å². The average molecular weight is 265 g/mol. The van der Waals surface area contributed by atoms with Crippen LogP contribution < -0.4 is 10.1 Å². The molecule has 0 unspecified atom stereocenters. The molecule has 6 heteroatoms. The van der Waals surface area contributed by atoms with Gasteiger partial charge in [0.25, 0.3) is 5.91 Å². The summed E-state index contributed by atoms with van der Waals surface area (Å²) in [6, 6.07) is 1.81. The monoisotopic (exact) mass is 264 g/mol. The molecule has 1 aromatic rings. The van der Waals surface area contributed by atoms with Gasteiger partial charge in [0.05, 0.1) is 7.11 Å². The summed E-state index contributed by atoms with van der Waals surface area (Å²) in [6.45, 7) is 1.48. The Hall–Kier alpha value is -0.780. The SMILES string of the molecule is CNCCN(C)C(=O)c1sccc1OC.Cl. The minimum absolute atomic E-state index is 0. The second-order valence-corrected chi connectivity index (χ2v) is 4.06. The fraction of sp³-hybridized carbons (Fsp3) is 0.500. The molecule has 0 bridgehead atoms. The molecule has 1 N–H and O–H groups in total. The number of hydrogen-bond donors (Lipinski definition) is 1. The van der Waals surface area contributed by atoms with E-state index in [4.69, 9.17) is 4.74 Å². The standard InChI is InChI=1S/C10H16N2O2S.ClH/c1-11-5-6-12(2)10(13)9-8(14-3)4-7-15-9;/h4,7,11H,5-6H2,1-3H3;1H. The van der Waals surface area contributed by atoms with Gasteiger partial charge in [-0.2, -0.15) is 0 Å². The van der Waals surface area contributed by atoms with Gasteiger partial charge >= 0.3 is 0 Å². The third-order valence-electron chi connectivity index (χ3n) is 2.09. The molecule has 0 aliphatic rings. The summed E-state index contributed by atoms with van der Waals surface area (Å²) in [5.41, 5.74) is 0. The largest absolute Gasteiger partial charge is 0.495 e. The van der Waals surface area contributed by atoms with Crippen molar-refractivity contribution in [1.29, 1.82) is 0 Å². The van der Waals surface area contributed by atoms with E-state index in [0.717, 1.165) is 6.54 Å². The molecule has 0 saturated carbocycles. The van der Waals surface area contributed by atoms with Gasteiger partial charge in [0, 0.05) is 20.1 Å². The molecule has 0 aliphatic carbocycles. The second-order valence-electron chi connectivity index (χ2n) is 3.15. The van der Waals surface area contributed by atoms with Gasteiger partial charge in [0.2, 0.25) is 0 Å². The van der Waals surface area contributed by atoms with E-state index in [-0.39, 0.29) is 18.3 Å². The van der Waals surface area contributed by atoms with Crippen LogP contribution in [-0.2, 0) is 0 Å². The van der Waals surface area contributed by atoms with E-state index < -0.39 is 0 Å². The highest BCUT2D eigenvalue weighted by atomic mass is 35.5. The van der Waals surface area contributed by atoms with Crippen LogP contribution in [0.4, 0.5) is 0 Å². The lowest BCUT2D eigenvalue weighted by molar-refractivity contribution is 0.0798. The highest BCUT2D eigenvalue weighted by Gasteiger charge is 2.17. The zero-order valence-electron chi connectivity index (χ0n) is 9.65. The minimum atomic E-state index is 0. The summed E-state index contributed by atoms with van der Waals surface area (Å²) in [5.74, 6) is 0.665.